The van der Waals surface area contributed by atoms with Gasteiger partial charge in [0, 0.05) is 31.6 Å². The molecular weight excluding hydrogens is 339 g/mol. The summed E-state index contributed by atoms with van der Waals surface area (Å²) in [5.41, 5.74) is 5.55. The third-order valence-electron chi connectivity index (χ3n) is 3.96. The molecule has 2 N–H and O–H groups in total. The molecule has 124 valence electrons. The van der Waals surface area contributed by atoms with Gasteiger partial charge in [-0.05, 0) is 49.6 Å². The molecule has 0 radical (unpaired) electrons. The summed E-state index contributed by atoms with van der Waals surface area (Å²) in [6, 6.07) is 8.52. The number of nitrogens with zero attached hydrogens (tertiary/aromatic N) is 3. The maximum Gasteiger partial charge on any atom is 0.150 e. The van der Waals surface area contributed by atoms with Crippen molar-refractivity contribution >= 4 is 52.3 Å². The maximum absolute atomic E-state index is 5.55. The summed E-state index contributed by atoms with van der Waals surface area (Å²) < 4.78 is 5.94. The summed E-state index contributed by atoms with van der Waals surface area (Å²) in [6.45, 7) is 6.42. The van der Waals surface area contributed by atoms with Crippen LogP contribution in [0.4, 0.5) is 5.82 Å². The van der Waals surface area contributed by atoms with E-state index in [0.717, 1.165) is 39.1 Å². The minimum absolute atomic E-state index is 0. The highest BCUT2D eigenvalue weighted by molar-refractivity contribution is 7.13. The number of aromatic nitrogens is 1. The SMILES string of the molecule is Cl.Cl.NCCCCN1CCN(c2nsc3ccccc23)CC1. The number of unbranched alkanes of at least 4 members (excludes halogenated alkanes) is 1. The van der Waals surface area contributed by atoms with E-state index in [-0.39, 0.29) is 24.8 Å². The third kappa shape index (κ3) is 4.46. The molecule has 22 heavy (non-hydrogen) atoms. The lowest BCUT2D eigenvalue weighted by Gasteiger charge is -2.35. The van der Waals surface area contributed by atoms with Gasteiger partial charge < -0.3 is 10.6 Å². The highest BCUT2D eigenvalue weighted by Crippen LogP contribution is 2.29. The molecule has 3 rings (SSSR count). The highest BCUT2D eigenvalue weighted by atomic mass is 35.5. The van der Waals surface area contributed by atoms with Crippen LogP contribution in [0.15, 0.2) is 24.3 Å². The molecule has 1 fully saturated rings. The second-order valence-corrected chi connectivity index (χ2v) is 6.13. The number of piperazine rings is 1. The van der Waals surface area contributed by atoms with Crippen LogP contribution in [-0.2, 0) is 0 Å². The lowest BCUT2D eigenvalue weighted by molar-refractivity contribution is 0.253. The second kappa shape index (κ2) is 9.53. The summed E-state index contributed by atoms with van der Waals surface area (Å²) in [6.07, 6.45) is 2.35. The van der Waals surface area contributed by atoms with Crippen LogP contribution in [-0.4, -0.2) is 48.5 Å². The molecule has 4 nitrogen and oxygen atoms in total. The largest absolute Gasteiger partial charge is 0.353 e. The molecule has 2 aromatic rings. The zero-order valence-electron chi connectivity index (χ0n) is 12.6. The highest BCUT2D eigenvalue weighted by Gasteiger charge is 2.20. The standard InChI is InChI=1S/C15H22N4S.2ClH/c16-7-3-4-8-18-9-11-19(12-10-18)15-13-5-1-2-6-14(13)20-17-15;;/h1-2,5-6H,3-4,7-12,16H2;2*1H. The molecule has 2 heterocycles. The summed E-state index contributed by atoms with van der Waals surface area (Å²) in [7, 11) is 0. The van der Waals surface area contributed by atoms with Gasteiger partial charge in [0.25, 0.3) is 0 Å². The summed E-state index contributed by atoms with van der Waals surface area (Å²) in [4.78, 5) is 4.97. The molecule has 0 spiro atoms. The van der Waals surface area contributed by atoms with Gasteiger partial charge in [0.2, 0.25) is 0 Å². The molecule has 0 saturated carbocycles. The Bertz CT molecular complexity index is 555. The normalized spacial score (nSPS) is 15.4. The zero-order chi connectivity index (χ0) is 13.8. The number of anilines is 1. The van der Waals surface area contributed by atoms with Crippen molar-refractivity contribution in [3.63, 3.8) is 0 Å². The number of hydrogen-bond donors (Lipinski definition) is 1. The first-order valence-corrected chi connectivity index (χ1v) is 8.17. The van der Waals surface area contributed by atoms with Gasteiger partial charge in [-0.1, -0.05) is 12.1 Å². The van der Waals surface area contributed by atoms with Crippen LogP contribution in [0.3, 0.4) is 0 Å². The molecule has 1 saturated heterocycles. The number of halogens is 2. The number of rotatable bonds is 5. The van der Waals surface area contributed by atoms with Gasteiger partial charge in [0.1, 0.15) is 5.82 Å². The van der Waals surface area contributed by atoms with Crippen LogP contribution in [0.25, 0.3) is 10.1 Å². The summed E-state index contributed by atoms with van der Waals surface area (Å²) in [5, 5.41) is 1.30. The molecule has 1 aliphatic heterocycles. The molecule has 0 bridgehead atoms. The van der Waals surface area contributed by atoms with Crippen LogP contribution in [0.5, 0.6) is 0 Å². The van der Waals surface area contributed by atoms with Crippen LogP contribution in [0.2, 0.25) is 0 Å². The average molecular weight is 363 g/mol. The first-order valence-electron chi connectivity index (χ1n) is 7.40. The predicted molar refractivity (Wildman–Crippen MR) is 101 cm³/mol. The second-order valence-electron chi connectivity index (χ2n) is 5.33. The van der Waals surface area contributed by atoms with Crippen LogP contribution < -0.4 is 10.6 Å². The van der Waals surface area contributed by atoms with Gasteiger partial charge in [-0.15, -0.1) is 24.8 Å². The maximum atomic E-state index is 5.55. The molecule has 1 aromatic carbocycles. The molecule has 0 atom stereocenters. The fraction of sp³-hybridized carbons (Fsp3) is 0.533. The Kier molecular flexibility index (Phi) is 8.43. The number of nitrogens with two attached hydrogens (primary N) is 1. The number of fused-ring (bicyclic) bond motifs is 1. The van der Waals surface area contributed by atoms with Gasteiger partial charge in [-0.3, -0.25) is 4.90 Å². The minimum atomic E-state index is 0. The van der Waals surface area contributed by atoms with Crippen molar-refractivity contribution in [1.29, 1.82) is 0 Å². The number of hydrogen-bond acceptors (Lipinski definition) is 5. The van der Waals surface area contributed by atoms with Crippen molar-refractivity contribution in [2.75, 3.05) is 44.2 Å². The predicted octanol–water partition coefficient (Wildman–Crippen LogP) is 3.00. The Morgan fingerprint density at radius 1 is 1.05 bits per heavy atom. The first-order chi connectivity index (χ1) is 9.88. The first kappa shape index (κ1) is 19.5. The van der Waals surface area contributed by atoms with Gasteiger partial charge >= 0.3 is 0 Å². The molecular formula is C15H24Cl2N4S. The zero-order valence-corrected chi connectivity index (χ0v) is 15.1. The van der Waals surface area contributed by atoms with Gasteiger partial charge in [0.15, 0.2) is 0 Å². The van der Waals surface area contributed by atoms with E-state index >= 15 is 0 Å². The van der Waals surface area contributed by atoms with Gasteiger partial charge in [-0.2, -0.15) is 4.37 Å². The van der Waals surface area contributed by atoms with Crippen molar-refractivity contribution < 1.29 is 0 Å². The van der Waals surface area contributed by atoms with E-state index in [9.17, 15) is 0 Å². The molecule has 7 heteroatoms. The summed E-state index contributed by atoms with van der Waals surface area (Å²) >= 11 is 1.61. The Morgan fingerprint density at radius 2 is 1.77 bits per heavy atom. The van der Waals surface area contributed by atoms with Crippen LogP contribution in [0.1, 0.15) is 12.8 Å². The van der Waals surface area contributed by atoms with E-state index in [2.05, 4.69) is 38.4 Å². The number of benzene rings is 1. The van der Waals surface area contributed by atoms with Crippen molar-refractivity contribution in [3.8, 4) is 0 Å². The van der Waals surface area contributed by atoms with Crippen LogP contribution in [0, 0.1) is 0 Å². The van der Waals surface area contributed by atoms with Gasteiger partial charge in [0.05, 0.1) is 4.70 Å². The Morgan fingerprint density at radius 3 is 2.50 bits per heavy atom. The van der Waals surface area contributed by atoms with Crippen LogP contribution >= 0.6 is 36.3 Å². The minimum Gasteiger partial charge on any atom is -0.353 e. The van der Waals surface area contributed by atoms with Crippen molar-refractivity contribution in [1.82, 2.24) is 9.27 Å². The van der Waals surface area contributed by atoms with Crippen molar-refractivity contribution in [2.24, 2.45) is 5.73 Å². The fourth-order valence-corrected chi connectivity index (χ4v) is 3.56. The Labute approximate surface area is 148 Å². The lowest BCUT2D eigenvalue weighted by Crippen LogP contribution is -2.46. The monoisotopic (exact) mass is 362 g/mol. The third-order valence-corrected chi connectivity index (χ3v) is 4.78. The van der Waals surface area contributed by atoms with E-state index in [4.69, 9.17) is 5.73 Å². The quantitative estimate of drug-likeness (QED) is 0.830. The molecule has 1 aliphatic rings. The van der Waals surface area contributed by atoms with E-state index in [1.807, 2.05) is 0 Å². The Balaban J connectivity index is 0.00000121. The average Bonchev–Trinajstić information content (AvgIpc) is 2.92. The lowest BCUT2D eigenvalue weighted by atomic mass is 10.2. The summed E-state index contributed by atoms with van der Waals surface area (Å²) in [5.74, 6) is 1.17. The van der Waals surface area contributed by atoms with Gasteiger partial charge in [-0.25, -0.2) is 0 Å². The van der Waals surface area contributed by atoms with E-state index in [1.165, 1.54) is 28.9 Å². The fourth-order valence-electron chi connectivity index (χ4n) is 2.76. The van der Waals surface area contributed by atoms with E-state index < -0.39 is 0 Å². The van der Waals surface area contributed by atoms with E-state index in [0.29, 0.717) is 0 Å². The van der Waals surface area contributed by atoms with Crippen molar-refractivity contribution in [2.45, 2.75) is 12.8 Å². The van der Waals surface area contributed by atoms with E-state index in [1.54, 1.807) is 11.5 Å². The molecule has 1 aromatic heterocycles. The topological polar surface area (TPSA) is 45.4 Å². The van der Waals surface area contributed by atoms with Crippen molar-refractivity contribution in [3.05, 3.63) is 24.3 Å². The molecule has 0 aliphatic carbocycles. The molecule has 0 amide bonds. The Hall–Kier alpha value is -0.590. The molecule has 0 unspecified atom stereocenters. The smallest absolute Gasteiger partial charge is 0.150 e.